The van der Waals surface area contributed by atoms with E-state index in [4.69, 9.17) is 171 Å². The molecule has 7 aromatic rings. The van der Waals surface area contributed by atoms with E-state index >= 15 is 0 Å². The van der Waals surface area contributed by atoms with Crippen LogP contribution in [0.25, 0.3) is 0 Å². The first-order valence-corrected chi connectivity index (χ1v) is 50.5. The summed E-state index contributed by atoms with van der Waals surface area (Å²) >= 11 is 74.7. The molecule has 0 aliphatic rings. The van der Waals surface area contributed by atoms with Crippen molar-refractivity contribution in [1.82, 2.24) is 0 Å². The monoisotopic (exact) mass is 1930 g/mol. The number of hydrogen-bond donors (Lipinski definition) is 2. The Morgan fingerprint density at radius 2 is 0.467 bits per heavy atom. The molecule has 0 saturated heterocycles. The Labute approximate surface area is 817 Å². The van der Waals surface area contributed by atoms with Gasteiger partial charge < -0.3 is 49.8 Å². The van der Waals surface area contributed by atoms with Crippen LogP contribution in [0.2, 0.25) is 0 Å². The van der Waals surface area contributed by atoms with Crippen molar-refractivity contribution in [2.45, 2.75) is 303 Å². The van der Waals surface area contributed by atoms with Gasteiger partial charge in [0.15, 0.2) is 0 Å². The summed E-state index contributed by atoms with van der Waals surface area (Å²) in [6, 6.07) is 0. The van der Waals surface area contributed by atoms with Crippen LogP contribution in [0, 0.1) is 101 Å². The molecule has 122 heavy (non-hydrogen) atoms. The molecule has 2 N–H and O–H groups in total. The number of unbranched alkanes of at least 4 members (excludes halogenated alkanes) is 1. The molecule has 0 unspecified atom stereocenters. The van der Waals surface area contributed by atoms with Crippen LogP contribution in [0.5, 0.6) is 0 Å². The molecular formula is C98H164N10S14. The molecule has 0 bridgehead atoms. The third-order valence-corrected chi connectivity index (χ3v) is 28.5. The smallest absolute Gasteiger partial charge is 0.0835 e. The zero-order valence-electron chi connectivity index (χ0n) is 82.9. The Kier molecular flexibility index (Phi) is 50.5. The first-order valence-electron chi connectivity index (χ1n) is 44.8. The third-order valence-electron chi connectivity index (χ3n) is 21.8. The second-order valence-electron chi connectivity index (χ2n) is 41.8. The number of rotatable bonds is 37. The van der Waals surface area contributed by atoms with Crippen molar-refractivity contribution >= 4 is 228 Å². The lowest BCUT2D eigenvalue weighted by atomic mass is 9.88. The number of hydrogen-bond acceptors (Lipinski definition) is 24. The predicted octanol–water partition coefficient (Wildman–Crippen LogP) is 33.2. The van der Waals surface area contributed by atoms with Gasteiger partial charge in [0.05, 0.1) is 120 Å². The Balaban J connectivity index is 0.000000713. The Morgan fingerprint density at radius 3 is 0.820 bits per heavy atom. The highest BCUT2D eigenvalue weighted by molar-refractivity contribution is 7.76. The van der Waals surface area contributed by atoms with Crippen molar-refractivity contribution in [3.05, 3.63) is 85.4 Å². The SMILES string of the molecule is CCN(C)c1c(CCCC(C)(C)C)c(=S)c1=S.CCN(CC)c1c(CCCC(C)(C)C)c(=S)c1=S.CCN(CC)c1c(N(C)CCCCC(C)(C)C)c(=S)c1=S.CCNc1c(CCCC(C)(C)C)c(=S)c1=S.CCNc1c(N(C)CCC(C)(C)C)c(=S)c1=S.CN(C)c1c(CCCC(C)(C)C)c(=S)c1=S.CN(C)c1c(N(C)CCC(C)(C)C)c(=S)c1=S. The molecule has 0 aliphatic heterocycles. The zero-order valence-corrected chi connectivity index (χ0v) is 94.3. The molecule has 10 nitrogen and oxygen atoms in total. The van der Waals surface area contributed by atoms with Gasteiger partial charge in [-0.15, -0.1) is 0 Å². The number of nitrogens with zero attached hydrogens (tertiary/aromatic N) is 8. The summed E-state index contributed by atoms with van der Waals surface area (Å²) in [6.45, 7) is 72.6. The molecule has 7 rings (SSSR count). The Hall–Kier alpha value is -2.56. The summed E-state index contributed by atoms with van der Waals surface area (Å²) in [4.78, 5) is 17.8. The van der Waals surface area contributed by atoms with Gasteiger partial charge in [-0.3, -0.25) is 0 Å². The fourth-order valence-electron chi connectivity index (χ4n) is 14.2. The van der Waals surface area contributed by atoms with E-state index in [1.165, 1.54) is 121 Å². The van der Waals surface area contributed by atoms with Crippen LogP contribution in [0.3, 0.4) is 0 Å². The van der Waals surface area contributed by atoms with Crippen molar-refractivity contribution in [3.8, 4) is 0 Å². The van der Waals surface area contributed by atoms with Gasteiger partial charge >= 0.3 is 0 Å². The molecule has 0 heterocycles. The first-order chi connectivity index (χ1) is 55.8. The normalized spacial score (nSPS) is 12.0. The molecule has 0 saturated carbocycles. The molecule has 690 valence electrons. The van der Waals surface area contributed by atoms with E-state index < -0.39 is 0 Å². The molecule has 0 atom stereocenters. The average molecular weight is 1930 g/mol. The molecule has 0 aliphatic carbocycles. The topological polar surface area (TPSA) is 50.0 Å². The van der Waals surface area contributed by atoms with E-state index in [2.05, 4.69) is 272 Å². The average Bonchev–Trinajstić information content (AvgIpc) is 0.730. The molecule has 0 amide bonds. The summed E-state index contributed by atoms with van der Waals surface area (Å²) in [5.41, 5.74) is 19.6. The largest absolute Gasteiger partial charge is 0.384 e. The molecule has 7 aromatic carbocycles. The molecule has 0 radical (unpaired) electrons. The highest BCUT2D eigenvalue weighted by Gasteiger charge is 2.27. The second kappa shape index (κ2) is 52.5. The minimum Gasteiger partial charge on any atom is -0.384 e. The Morgan fingerprint density at radius 1 is 0.213 bits per heavy atom. The van der Waals surface area contributed by atoms with Gasteiger partial charge in [-0.05, 0) is 211 Å². The van der Waals surface area contributed by atoms with Gasteiger partial charge in [-0.25, -0.2) is 0 Å². The highest BCUT2D eigenvalue weighted by Crippen LogP contribution is 2.42. The summed E-state index contributed by atoms with van der Waals surface area (Å²) in [5, 5.41) is 6.61. The van der Waals surface area contributed by atoms with Gasteiger partial charge in [0.2, 0.25) is 0 Å². The number of anilines is 10. The number of nitrogens with one attached hydrogen (secondary N) is 2. The van der Waals surface area contributed by atoms with Crippen molar-refractivity contribution in [3.63, 3.8) is 0 Å². The molecular weight excluding hydrogens is 1770 g/mol. The van der Waals surface area contributed by atoms with Gasteiger partial charge in [0, 0.05) is 122 Å². The van der Waals surface area contributed by atoms with Crippen molar-refractivity contribution in [2.24, 2.45) is 37.9 Å². The van der Waals surface area contributed by atoms with E-state index in [1.54, 1.807) is 0 Å². The summed E-state index contributed by atoms with van der Waals surface area (Å²) < 4.78 is 12.4. The van der Waals surface area contributed by atoms with Crippen LogP contribution in [-0.2, 0) is 25.7 Å². The zero-order chi connectivity index (χ0) is 94.8. The van der Waals surface area contributed by atoms with E-state index in [0.29, 0.717) is 37.9 Å². The van der Waals surface area contributed by atoms with Crippen molar-refractivity contribution in [1.29, 1.82) is 0 Å². The molecule has 0 fully saturated rings. The fraction of sp³-hybridized carbons (Fsp3) is 0.714. The maximum Gasteiger partial charge on any atom is 0.0835 e. The Bertz CT molecular complexity index is 4920. The van der Waals surface area contributed by atoms with E-state index in [0.717, 1.165) is 196 Å². The van der Waals surface area contributed by atoms with Crippen LogP contribution in [0.15, 0.2) is 0 Å². The van der Waals surface area contributed by atoms with Crippen LogP contribution in [0.4, 0.5) is 56.9 Å². The second-order valence-corrected chi connectivity index (χ2v) is 47.5. The van der Waals surface area contributed by atoms with Gasteiger partial charge in [-0.2, -0.15) is 0 Å². The summed E-state index contributed by atoms with van der Waals surface area (Å²) in [6.07, 6.45) is 20.0. The lowest BCUT2D eigenvalue weighted by Gasteiger charge is -2.32. The predicted molar refractivity (Wildman–Crippen MR) is 587 cm³/mol. The van der Waals surface area contributed by atoms with E-state index in [9.17, 15) is 0 Å². The van der Waals surface area contributed by atoms with Gasteiger partial charge in [0.25, 0.3) is 0 Å². The summed E-state index contributed by atoms with van der Waals surface area (Å²) in [7, 11) is 16.5. The standard InChI is InChI=1S/C17H30N2S2.C15H25NS2.C14H23NS2.2C13H22N2S2.2C13H21NS2/c1-7-19(8-2)14-13(15(20)16(14)21)18(6)12-10-9-11-17(3,4)5;1-6-16(7-2)12-11(13(17)14(12)18)9-8-10-15(3,4)5;1-6-15(5)11-10(12(16)13(11)17)8-7-9-14(2,3)4;1-13(2,3)7-8-15(6)10-9(14(4)5)11(16)12(10)17;1-6-14-9-10(12(17)11(9)16)15(5)8-7-13(2,3)4;1-13(2,3)8-6-7-9-10(14(4)5)12(16)11(9)15;1-5-14-10-9(11(15)12(10)16)7-6-8-13(2,3)4/h7-12H2,1-6H3;6-10H2,1-5H3;6-9H2,1-5H3;7-8H2,1-6H3;14H,6-8H2,1-5H3;6-8H2,1-5H3;14H,5-8H2,1-4H3. The minimum absolute atomic E-state index is 0.346. The maximum atomic E-state index is 5.47. The van der Waals surface area contributed by atoms with E-state index in [1.807, 2.05) is 28.2 Å². The quantitative estimate of drug-likeness (QED) is 0.0287. The molecule has 0 spiro atoms. The van der Waals surface area contributed by atoms with Gasteiger partial charge in [-0.1, -0.05) is 323 Å². The lowest BCUT2D eigenvalue weighted by molar-refractivity contribution is 0.361. The lowest BCUT2D eigenvalue weighted by Crippen LogP contribution is -2.29. The van der Waals surface area contributed by atoms with Gasteiger partial charge in [0.1, 0.15) is 0 Å². The van der Waals surface area contributed by atoms with Crippen LogP contribution in [-0.4, -0.2) is 122 Å². The van der Waals surface area contributed by atoms with Crippen molar-refractivity contribution in [2.75, 3.05) is 172 Å². The highest BCUT2D eigenvalue weighted by atomic mass is 32.1. The first kappa shape index (κ1) is 117. The van der Waals surface area contributed by atoms with Crippen LogP contribution >= 0.6 is 171 Å². The van der Waals surface area contributed by atoms with Crippen LogP contribution in [0.1, 0.15) is 300 Å². The molecule has 24 heteroatoms. The molecule has 0 aromatic heterocycles. The maximum absolute atomic E-state index is 5.47. The minimum atomic E-state index is 0.346. The summed E-state index contributed by atoms with van der Waals surface area (Å²) in [5.74, 6) is 0. The van der Waals surface area contributed by atoms with Crippen LogP contribution < -0.4 is 49.8 Å². The van der Waals surface area contributed by atoms with E-state index in [-0.39, 0.29) is 0 Å². The fourth-order valence-corrected chi connectivity index (χ4v) is 19.0. The van der Waals surface area contributed by atoms with Crippen molar-refractivity contribution < 1.29 is 0 Å². The third kappa shape index (κ3) is 37.7.